The molecule has 0 aromatic heterocycles. The van der Waals surface area contributed by atoms with Gasteiger partial charge in [0.15, 0.2) is 6.10 Å². The molecule has 0 bridgehead atoms. The highest BCUT2D eigenvalue weighted by Gasteiger charge is 2.35. The van der Waals surface area contributed by atoms with E-state index in [4.69, 9.17) is 4.74 Å². The highest BCUT2D eigenvalue weighted by Crippen LogP contribution is 2.32. The number of nitrogens with one attached hydrogen (secondary N) is 1. The Morgan fingerprint density at radius 1 is 1.33 bits per heavy atom. The molecular weight excluding hydrogens is 288 g/mol. The quantitative estimate of drug-likeness (QED) is 0.861. The van der Waals surface area contributed by atoms with Crippen LogP contribution in [0.15, 0.2) is 12.1 Å². The van der Waals surface area contributed by atoms with Gasteiger partial charge in [-0.3, -0.25) is 4.79 Å². The molecule has 4 nitrogen and oxygen atoms in total. The van der Waals surface area contributed by atoms with Crippen molar-refractivity contribution in [1.29, 1.82) is 0 Å². The summed E-state index contributed by atoms with van der Waals surface area (Å²) in [6, 6.07) is 4.45. The van der Waals surface area contributed by atoms with Crippen molar-refractivity contribution in [3.63, 3.8) is 0 Å². The first-order chi connectivity index (χ1) is 9.56. The van der Waals surface area contributed by atoms with Gasteiger partial charge in [0.05, 0.1) is 0 Å². The van der Waals surface area contributed by atoms with Gasteiger partial charge in [-0.2, -0.15) is 0 Å². The zero-order chi connectivity index (χ0) is 14.3. The molecule has 3 rings (SSSR count). The Kier molecular flexibility index (Phi) is 4.79. The Bertz CT molecular complexity index is 516. The summed E-state index contributed by atoms with van der Waals surface area (Å²) >= 11 is 0. The molecule has 116 valence electrons. The van der Waals surface area contributed by atoms with Crippen molar-refractivity contribution >= 4 is 18.3 Å². The lowest BCUT2D eigenvalue weighted by Gasteiger charge is -2.35. The normalized spacial score (nSPS) is 24.0. The van der Waals surface area contributed by atoms with Gasteiger partial charge in [0, 0.05) is 32.1 Å². The van der Waals surface area contributed by atoms with Crippen LogP contribution in [-0.2, 0) is 11.2 Å². The maximum absolute atomic E-state index is 12.6. The lowest BCUT2D eigenvalue weighted by atomic mass is 10.0. The van der Waals surface area contributed by atoms with Crippen molar-refractivity contribution in [2.45, 2.75) is 39.3 Å². The molecule has 0 aliphatic carbocycles. The van der Waals surface area contributed by atoms with Gasteiger partial charge < -0.3 is 15.0 Å². The number of piperazine rings is 1. The molecule has 2 atom stereocenters. The number of carbonyl (C=O) groups excluding carboxylic acids is 1. The highest BCUT2D eigenvalue weighted by atomic mass is 35.5. The second-order valence-electron chi connectivity index (χ2n) is 5.94. The standard InChI is InChI=1S/C16H22N2O2.ClH/c1-10-6-13-8-15(20-14(13)7-11(10)2)16(19)18-5-4-17-9-12(18)3;/h6-7,12,15,17H,4-5,8-9H2,1-3H3;1H/t12-,15?;/m1./s1. The van der Waals surface area contributed by atoms with Gasteiger partial charge in [-0.25, -0.2) is 0 Å². The summed E-state index contributed by atoms with van der Waals surface area (Å²) in [7, 11) is 0. The van der Waals surface area contributed by atoms with E-state index in [-0.39, 0.29) is 30.5 Å². The van der Waals surface area contributed by atoms with E-state index in [1.807, 2.05) is 4.90 Å². The van der Waals surface area contributed by atoms with E-state index in [0.717, 1.165) is 30.9 Å². The maximum atomic E-state index is 12.6. The number of nitrogens with zero attached hydrogens (tertiary/aromatic N) is 1. The van der Waals surface area contributed by atoms with Gasteiger partial charge in [-0.1, -0.05) is 6.07 Å². The third-order valence-corrected chi connectivity index (χ3v) is 4.41. The van der Waals surface area contributed by atoms with E-state index in [1.165, 1.54) is 11.1 Å². The van der Waals surface area contributed by atoms with Gasteiger partial charge >= 0.3 is 0 Å². The zero-order valence-electron chi connectivity index (χ0n) is 12.8. The van der Waals surface area contributed by atoms with Gasteiger partial charge in [0.1, 0.15) is 5.75 Å². The molecule has 0 spiro atoms. The number of hydrogen-bond donors (Lipinski definition) is 1. The Morgan fingerprint density at radius 2 is 2.05 bits per heavy atom. The summed E-state index contributed by atoms with van der Waals surface area (Å²) in [4.78, 5) is 14.6. The zero-order valence-corrected chi connectivity index (χ0v) is 13.6. The van der Waals surface area contributed by atoms with Crippen molar-refractivity contribution in [1.82, 2.24) is 10.2 Å². The first kappa shape index (κ1) is 16.1. The minimum Gasteiger partial charge on any atom is -0.480 e. The largest absolute Gasteiger partial charge is 0.480 e. The lowest BCUT2D eigenvalue weighted by molar-refractivity contribution is -0.140. The van der Waals surface area contributed by atoms with E-state index < -0.39 is 0 Å². The number of rotatable bonds is 1. The van der Waals surface area contributed by atoms with Crippen LogP contribution in [0.1, 0.15) is 23.6 Å². The summed E-state index contributed by atoms with van der Waals surface area (Å²) in [5.74, 6) is 1.01. The monoisotopic (exact) mass is 310 g/mol. The maximum Gasteiger partial charge on any atom is 0.264 e. The fourth-order valence-corrected chi connectivity index (χ4v) is 3.00. The minimum atomic E-state index is -0.341. The topological polar surface area (TPSA) is 41.6 Å². The molecule has 1 aromatic rings. The molecule has 0 saturated carbocycles. The molecule has 1 amide bonds. The van der Waals surface area contributed by atoms with Crippen LogP contribution in [0.2, 0.25) is 0 Å². The van der Waals surface area contributed by atoms with Crippen molar-refractivity contribution in [3.05, 3.63) is 28.8 Å². The van der Waals surface area contributed by atoms with E-state index in [2.05, 4.69) is 38.2 Å². The Morgan fingerprint density at radius 3 is 2.76 bits per heavy atom. The summed E-state index contributed by atoms with van der Waals surface area (Å²) in [5, 5.41) is 3.31. The van der Waals surface area contributed by atoms with Crippen LogP contribution in [0.3, 0.4) is 0 Å². The molecular formula is C16H23ClN2O2. The number of ether oxygens (including phenoxy) is 1. The predicted octanol–water partition coefficient (Wildman–Crippen LogP) is 1.85. The molecule has 1 saturated heterocycles. The molecule has 21 heavy (non-hydrogen) atoms. The van der Waals surface area contributed by atoms with Crippen molar-refractivity contribution < 1.29 is 9.53 Å². The van der Waals surface area contributed by atoms with Gasteiger partial charge in [-0.15, -0.1) is 12.4 Å². The van der Waals surface area contributed by atoms with Crippen molar-refractivity contribution in [2.75, 3.05) is 19.6 Å². The number of hydrogen-bond acceptors (Lipinski definition) is 3. The van der Waals surface area contributed by atoms with Crippen LogP contribution in [0.4, 0.5) is 0 Å². The minimum absolute atomic E-state index is 0. The van der Waals surface area contributed by atoms with Crippen LogP contribution in [0.5, 0.6) is 5.75 Å². The second kappa shape index (κ2) is 6.24. The molecule has 5 heteroatoms. The first-order valence-electron chi connectivity index (χ1n) is 7.34. The average Bonchev–Trinajstić information content (AvgIpc) is 2.82. The Labute approximate surface area is 132 Å². The summed E-state index contributed by atoms with van der Waals surface area (Å²) in [6.45, 7) is 8.77. The SMILES string of the molecule is Cc1cc2c(cc1C)OC(C(=O)N1CCNC[C@H]1C)C2.Cl. The number of fused-ring (bicyclic) bond motifs is 1. The van der Waals surface area contributed by atoms with E-state index >= 15 is 0 Å². The van der Waals surface area contributed by atoms with Crippen LogP contribution >= 0.6 is 12.4 Å². The summed E-state index contributed by atoms with van der Waals surface area (Å²) in [5.41, 5.74) is 3.64. The first-order valence-corrected chi connectivity index (χ1v) is 7.34. The smallest absolute Gasteiger partial charge is 0.264 e. The van der Waals surface area contributed by atoms with E-state index in [0.29, 0.717) is 6.42 Å². The van der Waals surface area contributed by atoms with Crippen molar-refractivity contribution in [2.24, 2.45) is 0 Å². The number of benzene rings is 1. The van der Waals surface area contributed by atoms with Crippen LogP contribution in [0.25, 0.3) is 0 Å². The Balaban J connectivity index is 0.00000161. The molecule has 2 aliphatic rings. The summed E-state index contributed by atoms with van der Waals surface area (Å²) < 4.78 is 5.89. The van der Waals surface area contributed by atoms with Crippen LogP contribution in [-0.4, -0.2) is 42.6 Å². The average molecular weight is 311 g/mol. The fraction of sp³-hybridized carbons (Fsp3) is 0.562. The van der Waals surface area contributed by atoms with Gasteiger partial charge in [-0.05, 0) is 43.5 Å². The third kappa shape index (κ3) is 3.01. The number of halogens is 1. The molecule has 2 heterocycles. The van der Waals surface area contributed by atoms with Crippen molar-refractivity contribution in [3.8, 4) is 5.75 Å². The molecule has 1 unspecified atom stereocenters. The Hall–Kier alpha value is -1.26. The number of amides is 1. The molecule has 1 aromatic carbocycles. The van der Waals surface area contributed by atoms with Gasteiger partial charge in [0.25, 0.3) is 5.91 Å². The molecule has 2 aliphatic heterocycles. The fourth-order valence-electron chi connectivity index (χ4n) is 3.00. The predicted molar refractivity (Wildman–Crippen MR) is 85.3 cm³/mol. The lowest BCUT2D eigenvalue weighted by Crippen LogP contribution is -2.55. The molecule has 1 N–H and O–H groups in total. The molecule has 1 fully saturated rings. The van der Waals surface area contributed by atoms with E-state index in [9.17, 15) is 4.79 Å². The highest BCUT2D eigenvalue weighted by molar-refractivity contribution is 5.85. The van der Waals surface area contributed by atoms with E-state index in [1.54, 1.807) is 0 Å². The van der Waals surface area contributed by atoms with Gasteiger partial charge in [0.2, 0.25) is 0 Å². The van der Waals surface area contributed by atoms with Crippen LogP contribution < -0.4 is 10.1 Å². The summed E-state index contributed by atoms with van der Waals surface area (Å²) in [6.07, 6.45) is 0.359. The third-order valence-electron chi connectivity index (χ3n) is 4.41. The number of aryl methyl sites for hydroxylation is 2. The molecule has 0 radical (unpaired) electrons. The number of carbonyl (C=O) groups is 1. The van der Waals surface area contributed by atoms with Crippen LogP contribution in [0, 0.1) is 13.8 Å². The second-order valence-corrected chi connectivity index (χ2v) is 5.94.